The molecule has 0 heterocycles. The number of rotatable bonds is 4. The number of nitrogens with two attached hydrogens (primary N) is 1. The minimum atomic E-state index is -0.427. The highest BCUT2D eigenvalue weighted by Crippen LogP contribution is 2.14. The molecule has 0 aliphatic carbocycles. The van der Waals surface area contributed by atoms with E-state index in [1.807, 2.05) is 30.3 Å². The van der Waals surface area contributed by atoms with E-state index in [0.29, 0.717) is 17.8 Å². The molecule has 0 aromatic heterocycles. The molecule has 0 aliphatic rings. The van der Waals surface area contributed by atoms with Gasteiger partial charge >= 0.3 is 0 Å². The second-order valence-electron chi connectivity index (χ2n) is 4.87. The molecule has 0 bridgehead atoms. The Kier molecular flexibility index (Phi) is 5.46. The highest BCUT2D eigenvalue weighted by atomic mass is 16.2. The summed E-state index contributed by atoms with van der Waals surface area (Å²) >= 11 is 0. The predicted molar refractivity (Wildman–Crippen MR) is 90.0 cm³/mol. The Morgan fingerprint density at radius 1 is 1.04 bits per heavy atom. The molecule has 0 saturated heterocycles. The Morgan fingerprint density at radius 2 is 1.70 bits per heavy atom. The molecule has 2 aromatic carbocycles. The monoisotopic (exact) mass is 310 g/mol. The Morgan fingerprint density at radius 3 is 2.39 bits per heavy atom. The Bertz CT molecular complexity index is 726. The van der Waals surface area contributed by atoms with Crippen molar-refractivity contribution in [3.8, 4) is 0 Å². The molecule has 0 unspecified atom stereocenters. The average molecular weight is 310 g/mol. The maximum atomic E-state index is 12.2. The summed E-state index contributed by atoms with van der Waals surface area (Å²) in [6.45, 7) is 1.75. The molecule has 2 amide bonds. The zero-order chi connectivity index (χ0) is 16.7. The van der Waals surface area contributed by atoms with Crippen molar-refractivity contribution in [3.05, 3.63) is 65.7 Å². The topological polar surface area (TPSA) is 96.6 Å². The first-order valence-corrected chi connectivity index (χ1v) is 7.08. The van der Waals surface area contributed by atoms with E-state index < -0.39 is 5.91 Å². The molecule has 0 atom stereocenters. The Balaban J connectivity index is 2.05. The van der Waals surface area contributed by atoms with Gasteiger partial charge < -0.3 is 11.1 Å². The van der Waals surface area contributed by atoms with Crippen molar-refractivity contribution in [2.45, 2.75) is 13.5 Å². The minimum absolute atomic E-state index is 0.0245. The molecule has 23 heavy (non-hydrogen) atoms. The van der Waals surface area contributed by atoms with Crippen molar-refractivity contribution < 1.29 is 9.59 Å². The molecule has 2 rings (SSSR count). The van der Waals surface area contributed by atoms with Gasteiger partial charge in [0.25, 0.3) is 5.91 Å². The highest BCUT2D eigenvalue weighted by molar-refractivity contribution is 6.09. The molecule has 0 saturated carbocycles. The maximum absolute atomic E-state index is 12.2. The zero-order valence-corrected chi connectivity index (χ0v) is 12.7. The number of hydrogen-bond donors (Lipinski definition) is 3. The van der Waals surface area contributed by atoms with Crippen LogP contribution in [0.25, 0.3) is 0 Å². The summed E-state index contributed by atoms with van der Waals surface area (Å²) < 4.78 is 0. The lowest BCUT2D eigenvalue weighted by molar-refractivity contribution is -0.114. The predicted octanol–water partition coefficient (Wildman–Crippen LogP) is 1.89. The van der Waals surface area contributed by atoms with Gasteiger partial charge in [0.05, 0.1) is 17.8 Å². The van der Waals surface area contributed by atoms with Gasteiger partial charge in [-0.1, -0.05) is 42.5 Å². The molecule has 2 aromatic rings. The van der Waals surface area contributed by atoms with Gasteiger partial charge in [0, 0.05) is 6.92 Å². The first-order valence-electron chi connectivity index (χ1n) is 7.08. The summed E-state index contributed by atoms with van der Waals surface area (Å²) in [5.74, 6) is -0.656. The second kappa shape index (κ2) is 7.74. The van der Waals surface area contributed by atoms with Crippen LogP contribution in [0, 0.1) is 0 Å². The van der Waals surface area contributed by atoms with Gasteiger partial charge in [-0.05, 0) is 17.7 Å². The van der Waals surface area contributed by atoms with Crippen LogP contribution in [-0.2, 0) is 11.3 Å². The number of amides is 2. The molecule has 0 radical (unpaired) electrons. The Hall–Kier alpha value is -3.15. The fraction of sp³-hybridized carbons (Fsp3) is 0.118. The van der Waals surface area contributed by atoms with Crippen LogP contribution in [0.2, 0.25) is 0 Å². The van der Waals surface area contributed by atoms with E-state index in [0.717, 1.165) is 5.56 Å². The third-order valence-corrected chi connectivity index (χ3v) is 3.00. The molecule has 6 heteroatoms. The average Bonchev–Trinajstić information content (AvgIpc) is 2.54. The zero-order valence-electron chi connectivity index (χ0n) is 12.7. The van der Waals surface area contributed by atoms with Gasteiger partial charge in [0.2, 0.25) is 5.91 Å². The number of carbonyl (C=O) groups excluding carboxylic acids is 2. The van der Waals surface area contributed by atoms with Crippen molar-refractivity contribution in [1.29, 1.82) is 0 Å². The van der Waals surface area contributed by atoms with Crippen molar-refractivity contribution >= 4 is 23.5 Å². The quantitative estimate of drug-likeness (QED) is 0.594. The van der Waals surface area contributed by atoms with E-state index in [1.54, 1.807) is 24.3 Å². The summed E-state index contributed by atoms with van der Waals surface area (Å²) in [4.78, 5) is 27.5. The van der Waals surface area contributed by atoms with Crippen LogP contribution in [0.1, 0.15) is 22.8 Å². The number of hydrogen-bond acceptors (Lipinski definition) is 3. The number of benzene rings is 2. The SMILES string of the molecule is CC(=O)Nc1ccccc1C(=O)NC(N)=NCc1ccccc1. The maximum Gasteiger partial charge on any atom is 0.260 e. The normalized spacial score (nSPS) is 10.9. The third kappa shape index (κ3) is 4.96. The van der Waals surface area contributed by atoms with Crippen LogP contribution >= 0.6 is 0 Å². The van der Waals surface area contributed by atoms with Crippen LogP contribution in [0.15, 0.2) is 59.6 Å². The molecule has 0 aliphatic heterocycles. The number of carbonyl (C=O) groups is 2. The largest absolute Gasteiger partial charge is 0.370 e. The number of guanidine groups is 1. The lowest BCUT2D eigenvalue weighted by Crippen LogP contribution is -2.37. The fourth-order valence-corrected chi connectivity index (χ4v) is 1.96. The van der Waals surface area contributed by atoms with Crippen molar-refractivity contribution in [2.24, 2.45) is 10.7 Å². The van der Waals surface area contributed by atoms with E-state index in [-0.39, 0.29) is 11.9 Å². The van der Waals surface area contributed by atoms with Gasteiger partial charge in [0.15, 0.2) is 5.96 Å². The number of anilines is 1. The lowest BCUT2D eigenvalue weighted by atomic mass is 10.1. The standard InChI is InChI=1S/C17H18N4O2/c1-12(22)20-15-10-6-5-9-14(15)16(23)21-17(18)19-11-13-7-3-2-4-8-13/h2-10H,11H2,1H3,(H,20,22)(H3,18,19,21,23). The summed E-state index contributed by atoms with van der Waals surface area (Å²) in [7, 11) is 0. The van der Waals surface area contributed by atoms with Gasteiger partial charge in [-0.3, -0.25) is 14.9 Å². The van der Waals surface area contributed by atoms with Gasteiger partial charge in [-0.2, -0.15) is 0 Å². The van der Waals surface area contributed by atoms with Crippen molar-refractivity contribution in [2.75, 3.05) is 5.32 Å². The third-order valence-electron chi connectivity index (χ3n) is 3.00. The first kappa shape index (κ1) is 16.2. The number of nitrogens with zero attached hydrogens (tertiary/aromatic N) is 1. The van der Waals surface area contributed by atoms with Gasteiger partial charge in [0.1, 0.15) is 0 Å². The minimum Gasteiger partial charge on any atom is -0.370 e. The van der Waals surface area contributed by atoms with E-state index >= 15 is 0 Å². The van der Waals surface area contributed by atoms with Crippen molar-refractivity contribution in [1.82, 2.24) is 5.32 Å². The van der Waals surface area contributed by atoms with E-state index in [1.165, 1.54) is 6.92 Å². The first-order chi connectivity index (χ1) is 11.1. The molecule has 4 N–H and O–H groups in total. The van der Waals surface area contributed by atoms with E-state index in [2.05, 4.69) is 15.6 Å². The summed E-state index contributed by atoms with van der Waals surface area (Å²) in [6.07, 6.45) is 0. The van der Waals surface area contributed by atoms with Gasteiger partial charge in [-0.25, -0.2) is 4.99 Å². The van der Waals surface area contributed by atoms with E-state index in [4.69, 9.17) is 5.73 Å². The van der Waals surface area contributed by atoms with Crippen LogP contribution in [0.3, 0.4) is 0 Å². The van der Waals surface area contributed by atoms with Crippen LogP contribution in [0.5, 0.6) is 0 Å². The smallest absolute Gasteiger partial charge is 0.260 e. The van der Waals surface area contributed by atoms with E-state index in [9.17, 15) is 9.59 Å². The Labute approximate surface area is 134 Å². The second-order valence-corrected chi connectivity index (χ2v) is 4.87. The van der Waals surface area contributed by atoms with Crippen LogP contribution in [-0.4, -0.2) is 17.8 Å². The number of nitrogens with one attached hydrogen (secondary N) is 2. The molecule has 0 fully saturated rings. The molecular weight excluding hydrogens is 292 g/mol. The van der Waals surface area contributed by atoms with Crippen LogP contribution < -0.4 is 16.4 Å². The molecule has 6 nitrogen and oxygen atoms in total. The summed E-state index contributed by atoms with van der Waals surface area (Å²) in [5.41, 5.74) is 7.48. The molecular formula is C17H18N4O2. The van der Waals surface area contributed by atoms with Crippen molar-refractivity contribution in [3.63, 3.8) is 0 Å². The number of aliphatic imine (C=N–C) groups is 1. The molecule has 0 spiro atoms. The summed E-state index contributed by atoms with van der Waals surface area (Å²) in [6, 6.07) is 16.3. The lowest BCUT2D eigenvalue weighted by Gasteiger charge is -2.10. The number of para-hydroxylation sites is 1. The van der Waals surface area contributed by atoms with Gasteiger partial charge in [-0.15, -0.1) is 0 Å². The molecule has 118 valence electrons. The summed E-state index contributed by atoms with van der Waals surface area (Å²) in [5, 5.41) is 5.12. The van der Waals surface area contributed by atoms with Crippen LogP contribution in [0.4, 0.5) is 5.69 Å². The highest BCUT2D eigenvalue weighted by Gasteiger charge is 2.12. The fourth-order valence-electron chi connectivity index (χ4n) is 1.96.